The molecular formula is C23H25NO2. The first-order valence-corrected chi connectivity index (χ1v) is 9.01. The number of hydrogen-bond donors (Lipinski definition) is 1. The van der Waals surface area contributed by atoms with Crippen LogP contribution < -0.4 is 10.1 Å². The summed E-state index contributed by atoms with van der Waals surface area (Å²) >= 11 is 0. The number of nitrogens with one attached hydrogen (secondary N) is 1. The standard InChI is InChI=1S/C23H25NO2/c1-15(2)21-12-9-16(3)13-22(21)26-17(4)23(25)24-20-11-10-18-7-5-6-8-19(18)14-20/h5-15,17H,1-4H3,(H,24,25)/t17-/m1/s1. The average molecular weight is 347 g/mol. The van der Waals surface area contributed by atoms with E-state index in [1.54, 1.807) is 6.92 Å². The first-order valence-electron chi connectivity index (χ1n) is 9.01. The topological polar surface area (TPSA) is 38.3 Å². The molecular weight excluding hydrogens is 322 g/mol. The molecule has 1 atom stereocenters. The van der Waals surface area contributed by atoms with E-state index in [4.69, 9.17) is 4.74 Å². The molecule has 3 heteroatoms. The van der Waals surface area contributed by atoms with Crippen LogP contribution in [0.2, 0.25) is 0 Å². The molecule has 0 saturated heterocycles. The fourth-order valence-electron chi connectivity index (χ4n) is 2.98. The minimum atomic E-state index is -0.583. The van der Waals surface area contributed by atoms with Crippen LogP contribution in [0.25, 0.3) is 10.8 Å². The first kappa shape index (κ1) is 18.0. The molecule has 3 rings (SSSR count). The van der Waals surface area contributed by atoms with Crippen LogP contribution in [-0.2, 0) is 4.79 Å². The lowest BCUT2D eigenvalue weighted by Crippen LogP contribution is -2.30. The molecule has 0 spiro atoms. The Morgan fingerprint density at radius 1 is 0.923 bits per heavy atom. The van der Waals surface area contributed by atoms with Crippen molar-refractivity contribution in [1.29, 1.82) is 0 Å². The Labute approximate surface area is 155 Å². The van der Waals surface area contributed by atoms with Gasteiger partial charge in [-0.25, -0.2) is 0 Å². The van der Waals surface area contributed by atoms with E-state index in [1.807, 2.05) is 49.4 Å². The number of amides is 1. The van der Waals surface area contributed by atoms with E-state index in [0.717, 1.165) is 33.3 Å². The average Bonchev–Trinajstić information content (AvgIpc) is 2.61. The summed E-state index contributed by atoms with van der Waals surface area (Å²) in [5.41, 5.74) is 3.00. The van der Waals surface area contributed by atoms with E-state index in [9.17, 15) is 4.79 Å². The highest BCUT2D eigenvalue weighted by Gasteiger charge is 2.18. The van der Waals surface area contributed by atoms with Gasteiger partial charge < -0.3 is 10.1 Å². The van der Waals surface area contributed by atoms with Gasteiger partial charge in [0, 0.05) is 5.69 Å². The van der Waals surface area contributed by atoms with Crippen LogP contribution in [0.4, 0.5) is 5.69 Å². The quantitative estimate of drug-likeness (QED) is 0.645. The monoisotopic (exact) mass is 347 g/mol. The highest BCUT2D eigenvalue weighted by molar-refractivity contribution is 5.96. The number of carbonyl (C=O) groups excluding carboxylic acids is 1. The van der Waals surface area contributed by atoms with Crippen LogP contribution in [0.1, 0.15) is 37.8 Å². The van der Waals surface area contributed by atoms with E-state index < -0.39 is 6.10 Å². The lowest BCUT2D eigenvalue weighted by atomic mass is 10.0. The number of aryl methyl sites for hydroxylation is 1. The summed E-state index contributed by atoms with van der Waals surface area (Å²) in [4.78, 5) is 12.6. The fourth-order valence-corrected chi connectivity index (χ4v) is 2.98. The third kappa shape index (κ3) is 4.05. The number of rotatable bonds is 5. The molecule has 0 aliphatic carbocycles. The lowest BCUT2D eigenvalue weighted by molar-refractivity contribution is -0.122. The summed E-state index contributed by atoms with van der Waals surface area (Å²) in [6.45, 7) is 8.05. The maximum atomic E-state index is 12.6. The third-order valence-corrected chi connectivity index (χ3v) is 4.48. The molecule has 134 valence electrons. The molecule has 3 nitrogen and oxygen atoms in total. The largest absolute Gasteiger partial charge is 0.481 e. The number of ether oxygens (including phenoxy) is 1. The predicted molar refractivity (Wildman–Crippen MR) is 108 cm³/mol. The zero-order chi connectivity index (χ0) is 18.7. The number of fused-ring (bicyclic) bond motifs is 1. The van der Waals surface area contributed by atoms with Crippen molar-refractivity contribution in [2.75, 3.05) is 5.32 Å². The smallest absolute Gasteiger partial charge is 0.265 e. The first-order chi connectivity index (χ1) is 12.4. The van der Waals surface area contributed by atoms with E-state index >= 15 is 0 Å². The van der Waals surface area contributed by atoms with E-state index in [2.05, 4.69) is 37.4 Å². The van der Waals surface area contributed by atoms with Crippen molar-refractivity contribution in [3.8, 4) is 5.75 Å². The molecule has 26 heavy (non-hydrogen) atoms. The van der Waals surface area contributed by atoms with Crippen molar-refractivity contribution < 1.29 is 9.53 Å². The van der Waals surface area contributed by atoms with Gasteiger partial charge in [0.2, 0.25) is 0 Å². The van der Waals surface area contributed by atoms with Gasteiger partial charge in [-0.1, -0.05) is 56.3 Å². The Morgan fingerprint density at radius 3 is 2.38 bits per heavy atom. The fraction of sp³-hybridized carbons (Fsp3) is 0.261. The minimum Gasteiger partial charge on any atom is -0.481 e. The second kappa shape index (κ2) is 7.61. The summed E-state index contributed by atoms with van der Waals surface area (Å²) in [6, 6.07) is 20.1. The highest BCUT2D eigenvalue weighted by atomic mass is 16.5. The molecule has 3 aromatic rings. The molecule has 0 aliphatic rings. The molecule has 0 fully saturated rings. The molecule has 0 saturated carbocycles. The Balaban J connectivity index is 1.74. The molecule has 0 aliphatic heterocycles. The number of benzene rings is 3. The Hall–Kier alpha value is -2.81. The second-order valence-electron chi connectivity index (χ2n) is 7.01. The van der Waals surface area contributed by atoms with Gasteiger partial charge in [0.1, 0.15) is 5.75 Å². The Morgan fingerprint density at radius 2 is 1.65 bits per heavy atom. The minimum absolute atomic E-state index is 0.156. The Kier molecular flexibility index (Phi) is 5.27. The summed E-state index contributed by atoms with van der Waals surface area (Å²) in [5, 5.41) is 5.20. The van der Waals surface area contributed by atoms with E-state index in [-0.39, 0.29) is 5.91 Å². The van der Waals surface area contributed by atoms with Gasteiger partial charge in [0.25, 0.3) is 5.91 Å². The molecule has 0 radical (unpaired) electrons. The maximum absolute atomic E-state index is 12.6. The van der Waals surface area contributed by atoms with E-state index in [1.165, 1.54) is 0 Å². The lowest BCUT2D eigenvalue weighted by Gasteiger charge is -2.19. The van der Waals surface area contributed by atoms with Crippen molar-refractivity contribution in [3.63, 3.8) is 0 Å². The summed E-state index contributed by atoms with van der Waals surface area (Å²) in [5.74, 6) is 0.957. The van der Waals surface area contributed by atoms with Crippen LogP contribution >= 0.6 is 0 Å². The SMILES string of the molecule is Cc1ccc(C(C)C)c(O[C@H](C)C(=O)Nc2ccc3ccccc3c2)c1. The normalized spacial score (nSPS) is 12.2. The van der Waals surface area contributed by atoms with Crippen molar-refractivity contribution in [1.82, 2.24) is 0 Å². The predicted octanol–water partition coefficient (Wildman–Crippen LogP) is 5.68. The summed E-state index contributed by atoms with van der Waals surface area (Å²) in [6.07, 6.45) is -0.583. The molecule has 0 heterocycles. The van der Waals surface area contributed by atoms with Crippen molar-refractivity contribution in [2.24, 2.45) is 0 Å². The molecule has 0 unspecified atom stereocenters. The van der Waals surface area contributed by atoms with Crippen LogP contribution in [-0.4, -0.2) is 12.0 Å². The summed E-state index contributed by atoms with van der Waals surface area (Å²) < 4.78 is 6.00. The second-order valence-corrected chi connectivity index (χ2v) is 7.01. The molecule has 3 aromatic carbocycles. The Bertz CT molecular complexity index is 930. The van der Waals surface area contributed by atoms with Gasteiger partial charge in [-0.2, -0.15) is 0 Å². The van der Waals surface area contributed by atoms with Gasteiger partial charge in [0.05, 0.1) is 0 Å². The van der Waals surface area contributed by atoms with Gasteiger partial charge in [-0.05, 0) is 59.9 Å². The van der Waals surface area contributed by atoms with E-state index in [0.29, 0.717) is 5.92 Å². The van der Waals surface area contributed by atoms with Gasteiger partial charge >= 0.3 is 0 Å². The molecule has 1 N–H and O–H groups in total. The zero-order valence-corrected chi connectivity index (χ0v) is 15.7. The molecule has 0 bridgehead atoms. The number of hydrogen-bond acceptors (Lipinski definition) is 2. The van der Waals surface area contributed by atoms with Crippen molar-refractivity contribution in [3.05, 3.63) is 71.8 Å². The van der Waals surface area contributed by atoms with Crippen LogP contribution in [0.3, 0.4) is 0 Å². The summed E-state index contributed by atoms with van der Waals surface area (Å²) in [7, 11) is 0. The zero-order valence-electron chi connectivity index (χ0n) is 15.7. The van der Waals surface area contributed by atoms with Crippen molar-refractivity contribution in [2.45, 2.75) is 39.7 Å². The molecule has 0 aromatic heterocycles. The van der Waals surface area contributed by atoms with Crippen LogP contribution in [0, 0.1) is 6.92 Å². The number of anilines is 1. The van der Waals surface area contributed by atoms with Crippen LogP contribution in [0.5, 0.6) is 5.75 Å². The third-order valence-electron chi connectivity index (χ3n) is 4.48. The van der Waals surface area contributed by atoms with Crippen molar-refractivity contribution >= 4 is 22.4 Å². The van der Waals surface area contributed by atoms with Gasteiger partial charge in [0.15, 0.2) is 6.10 Å². The van der Waals surface area contributed by atoms with Gasteiger partial charge in [-0.15, -0.1) is 0 Å². The highest BCUT2D eigenvalue weighted by Crippen LogP contribution is 2.28. The maximum Gasteiger partial charge on any atom is 0.265 e. The number of carbonyl (C=O) groups is 1. The molecule has 1 amide bonds. The van der Waals surface area contributed by atoms with Gasteiger partial charge in [-0.3, -0.25) is 4.79 Å². The van der Waals surface area contributed by atoms with Crippen LogP contribution in [0.15, 0.2) is 60.7 Å².